The number of para-hydroxylation sites is 2. The van der Waals surface area contributed by atoms with Crippen molar-refractivity contribution in [2.75, 3.05) is 10.6 Å². The Balaban J connectivity index is 1.75. The minimum absolute atomic E-state index is 0.00353. The zero-order chi connectivity index (χ0) is 15.5. The molecule has 0 saturated carbocycles. The molecule has 22 heavy (non-hydrogen) atoms. The van der Waals surface area contributed by atoms with Gasteiger partial charge in [-0.25, -0.2) is 0 Å². The first-order valence-electron chi connectivity index (χ1n) is 6.91. The lowest BCUT2D eigenvalue weighted by Gasteiger charge is -2.12. The van der Waals surface area contributed by atoms with Crippen LogP contribution in [0, 0.1) is 0 Å². The maximum Gasteiger partial charge on any atom is 0.181 e. The van der Waals surface area contributed by atoms with Gasteiger partial charge in [0.1, 0.15) is 0 Å². The van der Waals surface area contributed by atoms with E-state index in [0.29, 0.717) is 12.1 Å². The van der Waals surface area contributed by atoms with Gasteiger partial charge >= 0.3 is 0 Å². The predicted octanol–water partition coefficient (Wildman–Crippen LogP) is 4.96. The van der Waals surface area contributed by atoms with Crippen LogP contribution in [-0.2, 0) is 4.79 Å². The van der Waals surface area contributed by atoms with Gasteiger partial charge in [0.05, 0.1) is 17.4 Å². The van der Waals surface area contributed by atoms with Crippen molar-refractivity contribution in [2.24, 2.45) is 0 Å². The number of carbonyl (C=O) groups excluding carboxylic acids is 1. The summed E-state index contributed by atoms with van der Waals surface area (Å²) in [6.07, 6.45) is 2.40. The largest absolute Gasteiger partial charge is 0.377 e. The standard InChI is InChI=1S/C17H14Br2N2O/c18-12-5-1-3-7-14(12)20-11-9-16(17(22)10-11)21-15-8-4-2-6-13(15)19/h1-9,11,20-21H,10H2/t11-/m1/s1. The Kier molecular flexibility index (Phi) is 4.64. The molecule has 5 heteroatoms. The first kappa shape index (κ1) is 15.3. The third-order valence-electron chi connectivity index (χ3n) is 3.43. The monoisotopic (exact) mass is 420 g/mol. The molecule has 0 radical (unpaired) electrons. The van der Waals surface area contributed by atoms with Crippen LogP contribution < -0.4 is 10.6 Å². The third-order valence-corrected chi connectivity index (χ3v) is 4.81. The molecule has 1 atom stereocenters. The molecule has 0 aliphatic heterocycles. The smallest absolute Gasteiger partial charge is 0.181 e. The van der Waals surface area contributed by atoms with Crippen molar-refractivity contribution in [1.29, 1.82) is 0 Å². The number of anilines is 2. The molecule has 1 aliphatic rings. The predicted molar refractivity (Wildman–Crippen MR) is 97.0 cm³/mol. The van der Waals surface area contributed by atoms with Crippen LogP contribution in [0.15, 0.2) is 69.2 Å². The third kappa shape index (κ3) is 3.42. The Morgan fingerprint density at radius 1 is 0.909 bits per heavy atom. The van der Waals surface area contributed by atoms with Gasteiger partial charge in [0.15, 0.2) is 5.78 Å². The second-order valence-electron chi connectivity index (χ2n) is 5.04. The van der Waals surface area contributed by atoms with Crippen LogP contribution in [0.25, 0.3) is 0 Å². The Morgan fingerprint density at radius 3 is 2.14 bits per heavy atom. The highest BCUT2D eigenvalue weighted by Gasteiger charge is 2.24. The van der Waals surface area contributed by atoms with E-state index < -0.39 is 0 Å². The Morgan fingerprint density at radius 2 is 1.50 bits per heavy atom. The van der Waals surface area contributed by atoms with Crippen LogP contribution >= 0.6 is 31.9 Å². The first-order chi connectivity index (χ1) is 10.6. The number of carbonyl (C=O) groups is 1. The van der Waals surface area contributed by atoms with Gasteiger partial charge in [-0.3, -0.25) is 4.79 Å². The van der Waals surface area contributed by atoms with E-state index in [1.54, 1.807) is 0 Å². The van der Waals surface area contributed by atoms with Gasteiger partial charge in [0.25, 0.3) is 0 Å². The van der Waals surface area contributed by atoms with Crippen molar-refractivity contribution in [3.05, 3.63) is 69.2 Å². The number of Topliss-reactive ketones (excluding diaryl/α,β-unsaturated/α-hetero) is 1. The van der Waals surface area contributed by atoms with Gasteiger partial charge in [-0.1, -0.05) is 24.3 Å². The summed E-state index contributed by atoms with van der Waals surface area (Å²) in [6.45, 7) is 0. The van der Waals surface area contributed by atoms with E-state index in [1.165, 1.54) is 0 Å². The van der Waals surface area contributed by atoms with Gasteiger partial charge in [-0.05, 0) is 62.2 Å². The molecule has 0 bridgehead atoms. The van der Waals surface area contributed by atoms with Crippen molar-refractivity contribution >= 4 is 49.0 Å². The summed E-state index contributed by atoms with van der Waals surface area (Å²) in [5, 5.41) is 6.58. The van der Waals surface area contributed by atoms with Crippen LogP contribution in [-0.4, -0.2) is 11.8 Å². The molecule has 1 aliphatic carbocycles. The fourth-order valence-corrected chi connectivity index (χ4v) is 3.14. The average molecular weight is 422 g/mol. The summed E-state index contributed by atoms with van der Waals surface area (Å²) in [5.74, 6) is 0.111. The minimum atomic E-state index is -0.00353. The number of nitrogens with one attached hydrogen (secondary N) is 2. The molecular formula is C17H14Br2N2O. The lowest BCUT2D eigenvalue weighted by molar-refractivity contribution is -0.114. The number of benzene rings is 2. The van der Waals surface area contributed by atoms with Crippen LogP contribution in [0.5, 0.6) is 0 Å². The van der Waals surface area contributed by atoms with E-state index in [9.17, 15) is 4.79 Å². The second kappa shape index (κ2) is 6.67. The van der Waals surface area contributed by atoms with Gasteiger partial charge in [-0.2, -0.15) is 0 Å². The van der Waals surface area contributed by atoms with E-state index in [2.05, 4.69) is 42.5 Å². The molecule has 2 N–H and O–H groups in total. The van der Waals surface area contributed by atoms with Crippen molar-refractivity contribution < 1.29 is 4.79 Å². The summed E-state index contributed by atoms with van der Waals surface area (Å²) >= 11 is 6.99. The molecule has 0 saturated heterocycles. The van der Waals surface area contributed by atoms with E-state index in [-0.39, 0.29) is 11.8 Å². The van der Waals surface area contributed by atoms with Gasteiger partial charge in [0, 0.05) is 21.1 Å². The SMILES string of the molecule is O=C1C[C@H](Nc2ccccc2Br)C=C1Nc1ccccc1Br. The van der Waals surface area contributed by atoms with Gasteiger partial charge in [-0.15, -0.1) is 0 Å². The van der Waals surface area contributed by atoms with Crippen LogP contribution in [0.3, 0.4) is 0 Å². The minimum Gasteiger partial charge on any atom is -0.377 e. The molecule has 0 unspecified atom stereocenters. The highest BCUT2D eigenvalue weighted by Crippen LogP contribution is 2.28. The molecule has 2 aromatic rings. The summed E-state index contributed by atoms with van der Waals surface area (Å²) in [4.78, 5) is 12.2. The number of hydrogen-bond donors (Lipinski definition) is 2. The zero-order valence-corrected chi connectivity index (χ0v) is 14.8. The van der Waals surface area contributed by atoms with Crippen LogP contribution in [0.2, 0.25) is 0 Å². The highest BCUT2D eigenvalue weighted by molar-refractivity contribution is 9.11. The lowest BCUT2D eigenvalue weighted by atomic mass is 10.2. The maximum atomic E-state index is 12.2. The Hall–Kier alpha value is -1.59. The van der Waals surface area contributed by atoms with Crippen molar-refractivity contribution in [3.8, 4) is 0 Å². The van der Waals surface area contributed by atoms with Crippen molar-refractivity contribution in [3.63, 3.8) is 0 Å². The fraction of sp³-hybridized carbons (Fsp3) is 0.118. The number of allylic oxidation sites excluding steroid dienone is 1. The summed E-state index contributed by atoms with van der Waals surface area (Å²) in [5.41, 5.74) is 2.51. The lowest BCUT2D eigenvalue weighted by Crippen LogP contribution is -2.15. The number of ketones is 1. The second-order valence-corrected chi connectivity index (χ2v) is 6.75. The molecule has 112 valence electrons. The Bertz CT molecular complexity index is 743. The highest BCUT2D eigenvalue weighted by atomic mass is 79.9. The van der Waals surface area contributed by atoms with E-state index in [4.69, 9.17) is 0 Å². The summed E-state index contributed by atoms with van der Waals surface area (Å²) in [7, 11) is 0. The van der Waals surface area contributed by atoms with Gasteiger partial charge in [0.2, 0.25) is 0 Å². The molecule has 0 heterocycles. The number of hydrogen-bond acceptors (Lipinski definition) is 3. The topological polar surface area (TPSA) is 41.1 Å². The average Bonchev–Trinajstić information content (AvgIpc) is 2.84. The molecule has 3 nitrogen and oxygen atoms in total. The number of halogens is 2. The van der Waals surface area contributed by atoms with Crippen LogP contribution in [0.4, 0.5) is 11.4 Å². The molecule has 0 aromatic heterocycles. The maximum absolute atomic E-state index is 12.2. The molecule has 3 rings (SSSR count). The Labute approximate surface area is 146 Å². The van der Waals surface area contributed by atoms with Crippen molar-refractivity contribution in [1.82, 2.24) is 0 Å². The normalized spacial score (nSPS) is 17.3. The zero-order valence-electron chi connectivity index (χ0n) is 11.6. The molecule has 0 spiro atoms. The fourth-order valence-electron chi connectivity index (χ4n) is 2.35. The molecule has 2 aromatic carbocycles. The molecule has 0 amide bonds. The summed E-state index contributed by atoms with van der Waals surface area (Å²) in [6, 6.07) is 15.6. The summed E-state index contributed by atoms with van der Waals surface area (Å²) < 4.78 is 1.92. The molecular weight excluding hydrogens is 408 g/mol. The number of rotatable bonds is 4. The molecule has 0 fully saturated rings. The van der Waals surface area contributed by atoms with E-state index in [1.807, 2.05) is 54.6 Å². The van der Waals surface area contributed by atoms with E-state index in [0.717, 1.165) is 20.3 Å². The van der Waals surface area contributed by atoms with E-state index >= 15 is 0 Å². The van der Waals surface area contributed by atoms with Crippen LogP contribution in [0.1, 0.15) is 6.42 Å². The van der Waals surface area contributed by atoms with Gasteiger partial charge < -0.3 is 10.6 Å². The quantitative estimate of drug-likeness (QED) is 0.732. The van der Waals surface area contributed by atoms with Crippen molar-refractivity contribution in [2.45, 2.75) is 12.5 Å². The first-order valence-corrected chi connectivity index (χ1v) is 8.50.